The standard InChI is InChI=1S/C60H51N5/c1-3-5-38-63-60(62-4-2)47-25-30-52(31-26-47)64(51-28-23-45(24-29-51)49-22-15-37-61-42-49)53-32-34-54(35-33-53)65-58-41-48(43-16-9-6-10-17-43)27-36-55(58)57-40-50(44-18-11-7-12-19-44)39-56(59(57)65)46-20-13-8-14-21-46/h4,6-9,11-16,18-37,39-42H,3,5,10,17,38H2,1-2H3. The molecule has 2 heterocycles. The van der Waals surface area contributed by atoms with Crippen LogP contribution in [-0.2, 0) is 0 Å². The number of unbranched alkanes of at least 4 members (excludes halogenated alkanes) is 1. The van der Waals surface area contributed by atoms with Crippen LogP contribution in [0, 0.1) is 0 Å². The van der Waals surface area contributed by atoms with Crippen molar-refractivity contribution in [3.63, 3.8) is 0 Å². The van der Waals surface area contributed by atoms with Gasteiger partial charge >= 0.3 is 0 Å². The summed E-state index contributed by atoms with van der Waals surface area (Å²) < 4.78 is 2.49. The fourth-order valence-corrected chi connectivity index (χ4v) is 9.06. The van der Waals surface area contributed by atoms with Gasteiger partial charge < -0.3 is 9.47 Å². The van der Waals surface area contributed by atoms with E-state index in [9.17, 15) is 0 Å². The first-order chi connectivity index (χ1) is 32.2. The van der Waals surface area contributed by atoms with E-state index in [-0.39, 0.29) is 0 Å². The zero-order chi connectivity index (χ0) is 44.0. The average molecular weight is 842 g/mol. The number of anilines is 3. The van der Waals surface area contributed by atoms with Crippen LogP contribution in [-0.4, -0.2) is 28.1 Å². The molecular formula is C60H51N5. The Bertz CT molecular complexity index is 3200. The fraction of sp³-hybridized carbons (Fsp3) is 0.117. The van der Waals surface area contributed by atoms with Crippen LogP contribution in [0.4, 0.5) is 17.1 Å². The van der Waals surface area contributed by atoms with Crippen molar-refractivity contribution in [2.24, 2.45) is 9.98 Å². The Kier molecular flexibility index (Phi) is 11.9. The highest BCUT2D eigenvalue weighted by atomic mass is 15.1. The normalized spacial score (nSPS) is 12.9. The molecule has 0 amide bonds. The fourth-order valence-electron chi connectivity index (χ4n) is 9.06. The Labute approximate surface area is 382 Å². The molecule has 0 fully saturated rings. The van der Waals surface area contributed by atoms with Gasteiger partial charge in [0, 0.05) is 69.8 Å². The molecule has 0 unspecified atom stereocenters. The summed E-state index contributed by atoms with van der Waals surface area (Å²) in [7, 11) is 0. The lowest BCUT2D eigenvalue weighted by atomic mass is 9.94. The maximum absolute atomic E-state index is 4.85. The predicted molar refractivity (Wildman–Crippen MR) is 276 cm³/mol. The molecule has 0 N–H and O–H groups in total. The number of hydrogen-bond acceptors (Lipinski definition) is 3. The van der Waals surface area contributed by atoms with E-state index in [1.807, 2.05) is 31.6 Å². The Morgan fingerprint density at radius 1 is 0.646 bits per heavy atom. The summed E-state index contributed by atoms with van der Waals surface area (Å²) in [5.41, 5.74) is 17.2. The topological polar surface area (TPSA) is 45.8 Å². The van der Waals surface area contributed by atoms with Crippen LogP contribution in [0.25, 0.3) is 66.4 Å². The lowest BCUT2D eigenvalue weighted by Crippen LogP contribution is -2.10. The number of rotatable bonds is 12. The van der Waals surface area contributed by atoms with Crippen molar-refractivity contribution in [2.45, 2.75) is 39.5 Å². The second-order valence-corrected chi connectivity index (χ2v) is 16.5. The quantitative estimate of drug-likeness (QED) is 0.0699. The molecule has 10 rings (SSSR count). The van der Waals surface area contributed by atoms with Gasteiger partial charge in [-0.15, -0.1) is 0 Å². The number of nitrogens with zero attached hydrogens (tertiary/aromatic N) is 5. The molecule has 7 aromatic carbocycles. The summed E-state index contributed by atoms with van der Waals surface area (Å²) in [6, 6.07) is 64.0. The number of hydrogen-bond donors (Lipinski definition) is 0. The van der Waals surface area contributed by atoms with Crippen molar-refractivity contribution in [1.29, 1.82) is 0 Å². The minimum absolute atomic E-state index is 0.760. The number of aliphatic imine (C=N–C) groups is 2. The van der Waals surface area contributed by atoms with Gasteiger partial charge in [0.2, 0.25) is 0 Å². The van der Waals surface area contributed by atoms with E-state index in [1.165, 1.54) is 55.2 Å². The van der Waals surface area contributed by atoms with E-state index in [4.69, 9.17) is 4.99 Å². The van der Waals surface area contributed by atoms with Crippen molar-refractivity contribution in [3.8, 4) is 39.1 Å². The Balaban J connectivity index is 1.14. The third-order valence-corrected chi connectivity index (χ3v) is 12.3. The molecule has 2 aromatic heterocycles. The van der Waals surface area contributed by atoms with Gasteiger partial charge in [-0.1, -0.05) is 123 Å². The molecule has 0 saturated heterocycles. The summed E-state index contributed by atoms with van der Waals surface area (Å²) in [4.78, 5) is 16.2. The van der Waals surface area contributed by atoms with Gasteiger partial charge in [-0.05, 0) is 150 Å². The van der Waals surface area contributed by atoms with E-state index in [0.717, 1.165) is 77.5 Å². The van der Waals surface area contributed by atoms with Crippen molar-refractivity contribution in [3.05, 3.63) is 218 Å². The lowest BCUT2D eigenvalue weighted by molar-refractivity contribution is 0.807. The monoisotopic (exact) mass is 841 g/mol. The zero-order valence-corrected chi connectivity index (χ0v) is 37.0. The molecule has 316 valence electrons. The number of benzene rings is 7. The van der Waals surface area contributed by atoms with Crippen LogP contribution in [0.2, 0.25) is 0 Å². The molecule has 0 atom stereocenters. The Morgan fingerprint density at radius 3 is 1.97 bits per heavy atom. The van der Waals surface area contributed by atoms with Crippen LogP contribution < -0.4 is 4.90 Å². The highest BCUT2D eigenvalue weighted by Crippen LogP contribution is 2.43. The van der Waals surface area contributed by atoms with Crippen LogP contribution in [0.15, 0.2) is 217 Å². The van der Waals surface area contributed by atoms with Crippen LogP contribution in [0.3, 0.4) is 0 Å². The first-order valence-corrected chi connectivity index (χ1v) is 22.8. The van der Waals surface area contributed by atoms with Crippen LogP contribution >= 0.6 is 0 Å². The molecule has 0 radical (unpaired) electrons. The summed E-state index contributed by atoms with van der Waals surface area (Å²) in [5.74, 6) is 0.764. The number of allylic oxidation sites excluding steroid dienone is 4. The van der Waals surface area contributed by atoms with E-state index < -0.39 is 0 Å². The SMILES string of the molecule is CC=NC(=NCCCC)c1ccc(N(c2ccc(-c3cccnc3)cc2)c2ccc(-n3c4cc(C5=CC=CCC5)ccc4c4cc(-c5ccccc5)cc(-c5ccccc5)c43)cc2)cc1. The molecule has 5 nitrogen and oxygen atoms in total. The van der Waals surface area contributed by atoms with Gasteiger partial charge in [0.05, 0.1) is 11.0 Å². The zero-order valence-electron chi connectivity index (χ0n) is 37.0. The first-order valence-electron chi connectivity index (χ1n) is 22.8. The van der Waals surface area contributed by atoms with Gasteiger partial charge in [0.25, 0.3) is 0 Å². The highest BCUT2D eigenvalue weighted by molar-refractivity contribution is 6.16. The molecule has 1 aliphatic carbocycles. The lowest BCUT2D eigenvalue weighted by Gasteiger charge is -2.26. The number of aromatic nitrogens is 2. The second kappa shape index (κ2) is 18.8. The largest absolute Gasteiger partial charge is 0.311 e. The van der Waals surface area contributed by atoms with E-state index in [0.29, 0.717) is 0 Å². The smallest absolute Gasteiger partial charge is 0.154 e. The van der Waals surface area contributed by atoms with Gasteiger partial charge in [-0.3, -0.25) is 9.98 Å². The van der Waals surface area contributed by atoms with Gasteiger partial charge in [0.15, 0.2) is 5.84 Å². The third kappa shape index (κ3) is 8.49. The molecule has 0 spiro atoms. The average Bonchev–Trinajstić information content (AvgIpc) is 3.71. The minimum atomic E-state index is 0.760. The Hall–Kier alpha value is -7.89. The van der Waals surface area contributed by atoms with Gasteiger partial charge in [-0.25, -0.2) is 4.99 Å². The number of pyridine rings is 1. The first kappa shape index (κ1) is 41.1. The summed E-state index contributed by atoms with van der Waals surface area (Å²) in [5, 5.41) is 2.46. The highest BCUT2D eigenvalue weighted by Gasteiger charge is 2.21. The van der Waals surface area contributed by atoms with E-state index >= 15 is 0 Å². The third-order valence-electron chi connectivity index (χ3n) is 12.3. The molecule has 65 heavy (non-hydrogen) atoms. The summed E-state index contributed by atoms with van der Waals surface area (Å²) in [6.45, 7) is 4.89. The summed E-state index contributed by atoms with van der Waals surface area (Å²) in [6.07, 6.45) is 16.5. The minimum Gasteiger partial charge on any atom is -0.311 e. The number of amidine groups is 1. The maximum atomic E-state index is 4.85. The van der Waals surface area contributed by atoms with Crippen LogP contribution in [0.1, 0.15) is 50.7 Å². The van der Waals surface area contributed by atoms with Gasteiger partial charge in [0.1, 0.15) is 0 Å². The molecule has 0 aliphatic heterocycles. The van der Waals surface area contributed by atoms with Gasteiger partial charge in [-0.2, -0.15) is 0 Å². The van der Waals surface area contributed by atoms with Crippen molar-refractivity contribution < 1.29 is 0 Å². The van der Waals surface area contributed by atoms with Crippen molar-refractivity contribution in [2.75, 3.05) is 11.4 Å². The molecular weight excluding hydrogens is 791 g/mol. The molecule has 1 aliphatic rings. The molecule has 0 saturated carbocycles. The van der Waals surface area contributed by atoms with Crippen molar-refractivity contribution in [1.82, 2.24) is 9.55 Å². The molecule has 5 heteroatoms. The second-order valence-electron chi connectivity index (χ2n) is 16.5. The van der Waals surface area contributed by atoms with E-state index in [1.54, 1.807) is 0 Å². The summed E-state index contributed by atoms with van der Waals surface area (Å²) >= 11 is 0. The molecule has 9 aromatic rings. The van der Waals surface area contributed by atoms with Crippen molar-refractivity contribution >= 4 is 56.5 Å². The Morgan fingerprint density at radius 2 is 1.31 bits per heavy atom. The molecule has 0 bridgehead atoms. The maximum Gasteiger partial charge on any atom is 0.154 e. The van der Waals surface area contributed by atoms with Crippen LogP contribution in [0.5, 0.6) is 0 Å². The van der Waals surface area contributed by atoms with E-state index in [2.05, 4.69) is 214 Å². The predicted octanol–water partition coefficient (Wildman–Crippen LogP) is 16.0. The number of fused-ring (bicyclic) bond motifs is 3.